The van der Waals surface area contributed by atoms with Gasteiger partial charge in [0.05, 0.1) is 22.6 Å². The van der Waals surface area contributed by atoms with E-state index in [0.29, 0.717) is 0 Å². The molecule has 0 spiro atoms. The van der Waals surface area contributed by atoms with Gasteiger partial charge in [0.25, 0.3) is 0 Å². The molecule has 0 amide bonds. The van der Waals surface area contributed by atoms with E-state index in [1.165, 1.54) is 11.3 Å². The van der Waals surface area contributed by atoms with Gasteiger partial charge in [-0.25, -0.2) is 4.68 Å². The zero-order valence-electron chi connectivity index (χ0n) is 11.6. The van der Waals surface area contributed by atoms with Crippen molar-refractivity contribution in [1.82, 2.24) is 29.6 Å². The standard InChI is InChI=1S/C14H12N6S/c1-9-12(13-18-19-8-15-16-14(19)21-13)10(2)20(17-9)11-6-4-3-5-7-11/h3-8H,1-2H3. The highest BCUT2D eigenvalue weighted by molar-refractivity contribution is 7.19. The van der Waals surface area contributed by atoms with Crippen LogP contribution in [0.2, 0.25) is 0 Å². The maximum atomic E-state index is 4.65. The van der Waals surface area contributed by atoms with Gasteiger partial charge in [0.1, 0.15) is 6.33 Å². The molecule has 104 valence electrons. The zero-order chi connectivity index (χ0) is 14.4. The van der Waals surface area contributed by atoms with Crippen molar-refractivity contribution in [3.63, 3.8) is 0 Å². The second kappa shape index (κ2) is 4.49. The van der Waals surface area contributed by atoms with Gasteiger partial charge in [0.2, 0.25) is 4.96 Å². The van der Waals surface area contributed by atoms with Gasteiger partial charge >= 0.3 is 0 Å². The average molecular weight is 296 g/mol. The Balaban J connectivity index is 1.90. The fourth-order valence-corrected chi connectivity index (χ4v) is 3.40. The third-order valence-corrected chi connectivity index (χ3v) is 4.32. The molecule has 1 aromatic carbocycles. The summed E-state index contributed by atoms with van der Waals surface area (Å²) in [7, 11) is 0. The minimum Gasteiger partial charge on any atom is -0.237 e. The number of hydrogen-bond acceptors (Lipinski definition) is 5. The van der Waals surface area contributed by atoms with E-state index in [9.17, 15) is 0 Å². The molecule has 0 radical (unpaired) electrons. The van der Waals surface area contributed by atoms with Crippen molar-refractivity contribution in [2.24, 2.45) is 0 Å². The first kappa shape index (κ1) is 12.2. The van der Waals surface area contributed by atoms with Crippen LogP contribution in [0, 0.1) is 13.8 Å². The second-order valence-electron chi connectivity index (χ2n) is 4.76. The maximum absolute atomic E-state index is 4.65. The molecule has 4 rings (SSSR count). The average Bonchev–Trinajstić information content (AvgIpc) is 3.13. The Morgan fingerprint density at radius 2 is 1.86 bits per heavy atom. The van der Waals surface area contributed by atoms with Gasteiger partial charge in [0.15, 0.2) is 5.01 Å². The Morgan fingerprint density at radius 3 is 2.62 bits per heavy atom. The molecule has 0 N–H and O–H groups in total. The van der Waals surface area contributed by atoms with E-state index in [0.717, 1.165) is 32.6 Å². The molecule has 0 aliphatic heterocycles. The van der Waals surface area contributed by atoms with E-state index < -0.39 is 0 Å². The fourth-order valence-electron chi connectivity index (χ4n) is 2.43. The first-order valence-electron chi connectivity index (χ1n) is 6.53. The van der Waals surface area contributed by atoms with Crippen molar-refractivity contribution >= 4 is 16.3 Å². The molecule has 0 fully saturated rings. The van der Waals surface area contributed by atoms with Crippen LogP contribution in [0.1, 0.15) is 11.4 Å². The lowest BCUT2D eigenvalue weighted by Gasteiger charge is -2.03. The summed E-state index contributed by atoms with van der Waals surface area (Å²) in [6, 6.07) is 10.1. The minimum atomic E-state index is 0.788. The quantitative estimate of drug-likeness (QED) is 0.570. The lowest BCUT2D eigenvalue weighted by molar-refractivity contribution is 0.834. The number of aromatic nitrogens is 6. The summed E-state index contributed by atoms with van der Waals surface area (Å²) in [4.78, 5) is 0.788. The predicted octanol–water partition coefficient (Wildman–Crippen LogP) is 2.66. The lowest BCUT2D eigenvalue weighted by atomic mass is 10.2. The first-order chi connectivity index (χ1) is 10.2. The highest BCUT2D eigenvalue weighted by Crippen LogP contribution is 2.31. The summed E-state index contributed by atoms with van der Waals surface area (Å²) in [6.45, 7) is 4.06. The molecule has 3 aromatic heterocycles. The van der Waals surface area contributed by atoms with E-state index in [1.807, 2.05) is 41.9 Å². The summed E-state index contributed by atoms with van der Waals surface area (Å²) >= 11 is 1.52. The largest absolute Gasteiger partial charge is 0.237 e. The van der Waals surface area contributed by atoms with Crippen LogP contribution >= 0.6 is 11.3 Å². The van der Waals surface area contributed by atoms with E-state index in [-0.39, 0.29) is 0 Å². The van der Waals surface area contributed by atoms with Gasteiger partial charge in [-0.05, 0) is 26.0 Å². The van der Waals surface area contributed by atoms with Crippen molar-refractivity contribution in [2.75, 3.05) is 0 Å². The van der Waals surface area contributed by atoms with Crippen LogP contribution in [0.25, 0.3) is 21.2 Å². The number of aryl methyl sites for hydroxylation is 1. The predicted molar refractivity (Wildman–Crippen MR) is 80.7 cm³/mol. The Morgan fingerprint density at radius 1 is 1.05 bits per heavy atom. The minimum absolute atomic E-state index is 0.788. The number of hydrogen-bond donors (Lipinski definition) is 0. The Kier molecular flexibility index (Phi) is 2.61. The van der Waals surface area contributed by atoms with Crippen LogP contribution < -0.4 is 0 Å². The summed E-state index contributed by atoms with van der Waals surface area (Å²) in [6.07, 6.45) is 1.61. The lowest BCUT2D eigenvalue weighted by Crippen LogP contribution is -1.98. The van der Waals surface area contributed by atoms with Gasteiger partial charge < -0.3 is 0 Å². The van der Waals surface area contributed by atoms with Crippen LogP contribution in [0.5, 0.6) is 0 Å². The molecular weight excluding hydrogens is 284 g/mol. The van der Waals surface area contributed by atoms with Crippen molar-refractivity contribution in [3.05, 3.63) is 48.0 Å². The van der Waals surface area contributed by atoms with Gasteiger partial charge in [-0.15, -0.1) is 10.2 Å². The van der Waals surface area contributed by atoms with Crippen molar-refractivity contribution in [2.45, 2.75) is 13.8 Å². The Hall–Kier alpha value is -2.54. The maximum Gasteiger partial charge on any atom is 0.234 e. The smallest absolute Gasteiger partial charge is 0.234 e. The molecule has 6 nitrogen and oxygen atoms in total. The van der Waals surface area contributed by atoms with Crippen LogP contribution in [-0.2, 0) is 0 Å². The van der Waals surface area contributed by atoms with Crippen molar-refractivity contribution in [1.29, 1.82) is 0 Å². The molecule has 0 unspecified atom stereocenters. The highest BCUT2D eigenvalue weighted by atomic mass is 32.1. The van der Waals surface area contributed by atoms with E-state index in [2.05, 4.69) is 27.3 Å². The Labute approximate surface area is 124 Å². The molecule has 0 atom stereocenters. The van der Waals surface area contributed by atoms with Crippen LogP contribution in [-0.4, -0.2) is 29.6 Å². The molecule has 0 saturated heterocycles. The normalized spacial score (nSPS) is 11.3. The number of nitrogens with zero attached hydrogens (tertiary/aromatic N) is 6. The fraction of sp³-hybridized carbons (Fsp3) is 0.143. The second-order valence-corrected chi connectivity index (χ2v) is 5.71. The molecular formula is C14H12N6S. The monoisotopic (exact) mass is 296 g/mol. The third kappa shape index (κ3) is 1.85. The van der Waals surface area contributed by atoms with E-state index >= 15 is 0 Å². The highest BCUT2D eigenvalue weighted by Gasteiger charge is 2.18. The van der Waals surface area contributed by atoms with Gasteiger partial charge in [-0.3, -0.25) is 0 Å². The number of benzene rings is 1. The van der Waals surface area contributed by atoms with Gasteiger partial charge in [-0.2, -0.15) is 14.7 Å². The molecule has 4 aromatic rings. The molecule has 21 heavy (non-hydrogen) atoms. The van der Waals surface area contributed by atoms with Crippen LogP contribution in [0.3, 0.4) is 0 Å². The SMILES string of the molecule is Cc1nn(-c2ccccc2)c(C)c1-c1nn2cnnc2s1. The number of para-hydroxylation sites is 1. The Bertz CT molecular complexity index is 889. The zero-order valence-corrected chi connectivity index (χ0v) is 12.4. The third-order valence-electron chi connectivity index (χ3n) is 3.39. The van der Waals surface area contributed by atoms with Crippen LogP contribution in [0.15, 0.2) is 36.7 Å². The molecule has 0 aliphatic rings. The number of rotatable bonds is 2. The van der Waals surface area contributed by atoms with Gasteiger partial charge in [-0.1, -0.05) is 29.5 Å². The summed E-state index contributed by atoms with van der Waals surface area (Å²) in [5.74, 6) is 0. The molecule has 7 heteroatoms. The number of fused-ring (bicyclic) bond motifs is 1. The molecule has 3 heterocycles. The van der Waals surface area contributed by atoms with Crippen molar-refractivity contribution in [3.8, 4) is 16.3 Å². The topological polar surface area (TPSA) is 60.9 Å². The summed E-state index contributed by atoms with van der Waals surface area (Å²) in [5, 5.41) is 18.0. The summed E-state index contributed by atoms with van der Waals surface area (Å²) in [5.41, 5.74) is 4.15. The summed E-state index contributed by atoms with van der Waals surface area (Å²) < 4.78 is 3.64. The molecule has 0 saturated carbocycles. The van der Waals surface area contributed by atoms with E-state index in [4.69, 9.17) is 0 Å². The van der Waals surface area contributed by atoms with Crippen molar-refractivity contribution < 1.29 is 0 Å². The van der Waals surface area contributed by atoms with Crippen LogP contribution in [0.4, 0.5) is 0 Å². The molecule has 0 aliphatic carbocycles. The van der Waals surface area contributed by atoms with E-state index in [1.54, 1.807) is 10.8 Å². The molecule has 0 bridgehead atoms. The van der Waals surface area contributed by atoms with Gasteiger partial charge in [0, 0.05) is 0 Å². The first-order valence-corrected chi connectivity index (χ1v) is 7.34.